The number of nitrogens with zero attached hydrogens (tertiary/aromatic N) is 1. The standard InChI is InChI=1S/C23H34N2O2.ClH/c1-18-4-3-5-19(2)22(18)7-6-20-9-14-25(15-10-20)23(26)8-13-24-21-11-16-27-17-12-21;/h3-7,20-21,24H,8-17H2,1-2H3;1H. The Hall–Kier alpha value is -1.36. The van der Waals surface area contributed by atoms with Gasteiger partial charge in [-0.2, -0.15) is 0 Å². The summed E-state index contributed by atoms with van der Waals surface area (Å²) in [4.78, 5) is 14.5. The van der Waals surface area contributed by atoms with E-state index in [0.29, 0.717) is 24.3 Å². The molecule has 0 unspecified atom stereocenters. The molecular formula is C23H35ClN2O2. The fraction of sp³-hybridized carbons (Fsp3) is 0.609. The van der Waals surface area contributed by atoms with Gasteiger partial charge in [0.1, 0.15) is 0 Å². The number of hydrogen-bond acceptors (Lipinski definition) is 3. The van der Waals surface area contributed by atoms with Crippen LogP contribution in [-0.2, 0) is 9.53 Å². The number of carbonyl (C=O) groups excluding carboxylic acids is 1. The maximum Gasteiger partial charge on any atom is 0.223 e. The van der Waals surface area contributed by atoms with Gasteiger partial charge in [0, 0.05) is 45.3 Å². The number of piperidine rings is 1. The summed E-state index contributed by atoms with van der Waals surface area (Å²) in [6, 6.07) is 6.97. The number of hydrogen-bond donors (Lipinski definition) is 1. The minimum Gasteiger partial charge on any atom is -0.381 e. The Bertz CT molecular complexity index is 628. The normalized spacial score (nSPS) is 19.0. The predicted octanol–water partition coefficient (Wildman–Crippen LogP) is 4.14. The summed E-state index contributed by atoms with van der Waals surface area (Å²) in [7, 11) is 0. The van der Waals surface area contributed by atoms with Gasteiger partial charge in [0.05, 0.1) is 0 Å². The molecule has 1 aromatic rings. The van der Waals surface area contributed by atoms with Crippen LogP contribution in [0.4, 0.5) is 0 Å². The lowest BCUT2D eigenvalue weighted by atomic mass is 9.94. The summed E-state index contributed by atoms with van der Waals surface area (Å²) < 4.78 is 5.37. The Balaban J connectivity index is 0.00000280. The van der Waals surface area contributed by atoms with E-state index in [9.17, 15) is 4.79 Å². The van der Waals surface area contributed by atoms with Crippen LogP contribution in [0, 0.1) is 19.8 Å². The van der Waals surface area contributed by atoms with Crippen LogP contribution in [0.2, 0.25) is 0 Å². The average Bonchev–Trinajstić information content (AvgIpc) is 2.69. The van der Waals surface area contributed by atoms with E-state index in [-0.39, 0.29) is 12.4 Å². The van der Waals surface area contributed by atoms with Gasteiger partial charge in [0.15, 0.2) is 0 Å². The molecule has 28 heavy (non-hydrogen) atoms. The molecule has 2 aliphatic rings. The molecule has 2 saturated heterocycles. The van der Waals surface area contributed by atoms with Crippen molar-refractivity contribution in [3.8, 4) is 0 Å². The molecule has 0 bridgehead atoms. The zero-order valence-electron chi connectivity index (χ0n) is 17.3. The van der Waals surface area contributed by atoms with Crippen molar-refractivity contribution in [3.05, 3.63) is 41.0 Å². The van der Waals surface area contributed by atoms with Gasteiger partial charge in [-0.3, -0.25) is 4.79 Å². The van der Waals surface area contributed by atoms with E-state index >= 15 is 0 Å². The first-order valence-electron chi connectivity index (χ1n) is 10.5. The highest BCUT2D eigenvalue weighted by Gasteiger charge is 2.21. The third-order valence-corrected chi connectivity index (χ3v) is 5.96. The van der Waals surface area contributed by atoms with Crippen molar-refractivity contribution in [1.29, 1.82) is 0 Å². The lowest BCUT2D eigenvalue weighted by Gasteiger charge is -2.31. The summed E-state index contributed by atoms with van der Waals surface area (Å²) in [5.74, 6) is 0.875. The van der Waals surface area contributed by atoms with E-state index in [1.165, 1.54) is 16.7 Å². The molecule has 2 aliphatic heterocycles. The van der Waals surface area contributed by atoms with Crippen LogP contribution in [0.15, 0.2) is 24.3 Å². The molecule has 0 saturated carbocycles. The number of benzene rings is 1. The number of likely N-dealkylation sites (tertiary alicyclic amines) is 1. The first-order chi connectivity index (χ1) is 13.1. The van der Waals surface area contributed by atoms with Crippen LogP contribution in [0.25, 0.3) is 6.08 Å². The molecule has 1 N–H and O–H groups in total. The number of amides is 1. The van der Waals surface area contributed by atoms with Crippen molar-refractivity contribution in [2.75, 3.05) is 32.8 Å². The second kappa shape index (κ2) is 11.6. The third kappa shape index (κ3) is 6.61. The zero-order chi connectivity index (χ0) is 19.1. The number of carbonyl (C=O) groups is 1. The Labute approximate surface area is 176 Å². The van der Waals surface area contributed by atoms with Gasteiger partial charge >= 0.3 is 0 Å². The van der Waals surface area contributed by atoms with Crippen molar-refractivity contribution >= 4 is 24.4 Å². The first kappa shape index (κ1) is 22.9. The molecular weight excluding hydrogens is 372 g/mol. The monoisotopic (exact) mass is 406 g/mol. The van der Waals surface area contributed by atoms with E-state index in [1.54, 1.807) is 0 Å². The smallest absolute Gasteiger partial charge is 0.223 e. The lowest BCUT2D eigenvalue weighted by Crippen LogP contribution is -2.41. The molecule has 2 heterocycles. The minimum absolute atomic E-state index is 0. The van der Waals surface area contributed by atoms with Crippen molar-refractivity contribution in [3.63, 3.8) is 0 Å². The molecule has 0 spiro atoms. The van der Waals surface area contributed by atoms with Crippen LogP contribution < -0.4 is 5.32 Å². The predicted molar refractivity (Wildman–Crippen MR) is 118 cm³/mol. The lowest BCUT2D eigenvalue weighted by molar-refractivity contribution is -0.132. The van der Waals surface area contributed by atoms with Gasteiger partial charge in [-0.25, -0.2) is 0 Å². The van der Waals surface area contributed by atoms with Gasteiger partial charge in [0.25, 0.3) is 0 Å². The highest BCUT2D eigenvalue weighted by Crippen LogP contribution is 2.22. The van der Waals surface area contributed by atoms with E-state index in [4.69, 9.17) is 4.74 Å². The maximum atomic E-state index is 12.5. The van der Waals surface area contributed by atoms with Gasteiger partial charge in [-0.1, -0.05) is 30.4 Å². The summed E-state index contributed by atoms with van der Waals surface area (Å²) in [5.41, 5.74) is 4.00. The number of nitrogens with one attached hydrogen (secondary N) is 1. The van der Waals surface area contributed by atoms with Crippen LogP contribution in [0.1, 0.15) is 48.8 Å². The summed E-state index contributed by atoms with van der Waals surface area (Å²) >= 11 is 0. The van der Waals surface area contributed by atoms with Crippen molar-refractivity contribution in [1.82, 2.24) is 10.2 Å². The number of aryl methyl sites for hydroxylation is 2. The largest absolute Gasteiger partial charge is 0.381 e. The molecule has 0 atom stereocenters. The van der Waals surface area contributed by atoms with E-state index in [2.05, 4.69) is 54.4 Å². The van der Waals surface area contributed by atoms with Gasteiger partial charge < -0.3 is 15.0 Å². The zero-order valence-corrected chi connectivity index (χ0v) is 18.1. The molecule has 2 fully saturated rings. The van der Waals surface area contributed by atoms with Crippen LogP contribution >= 0.6 is 12.4 Å². The van der Waals surface area contributed by atoms with Crippen LogP contribution in [0.5, 0.6) is 0 Å². The van der Waals surface area contributed by atoms with Crippen LogP contribution in [-0.4, -0.2) is 49.7 Å². The molecule has 1 aromatic carbocycles. The fourth-order valence-corrected chi connectivity index (χ4v) is 4.11. The van der Waals surface area contributed by atoms with Gasteiger partial charge in [0.2, 0.25) is 5.91 Å². The van der Waals surface area contributed by atoms with Crippen molar-refractivity contribution in [2.45, 2.75) is 52.0 Å². The Morgan fingerprint density at radius 2 is 1.79 bits per heavy atom. The number of rotatable bonds is 6. The second-order valence-electron chi connectivity index (χ2n) is 7.97. The highest BCUT2D eigenvalue weighted by molar-refractivity contribution is 5.85. The summed E-state index contributed by atoms with van der Waals surface area (Å²) in [6.45, 7) is 8.58. The molecule has 3 rings (SSSR count). The van der Waals surface area contributed by atoms with E-state index < -0.39 is 0 Å². The average molecular weight is 407 g/mol. The Morgan fingerprint density at radius 3 is 2.43 bits per heavy atom. The Morgan fingerprint density at radius 1 is 1.14 bits per heavy atom. The molecule has 0 aliphatic carbocycles. The SMILES string of the molecule is Cc1cccc(C)c1C=CC1CCN(C(=O)CCNC2CCOCC2)CC1.Cl. The van der Waals surface area contributed by atoms with Crippen molar-refractivity contribution in [2.24, 2.45) is 5.92 Å². The topological polar surface area (TPSA) is 41.6 Å². The maximum absolute atomic E-state index is 12.5. The van der Waals surface area contributed by atoms with E-state index in [0.717, 1.165) is 58.5 Å². The van der Waals surface area contributed by atoms with Crippen LogP contribution in [0.3, 0.4) is 0 Å². The molecule has 156 valence electrons. The molecule has 0 aromatic heterocycles. The van der Waals surface area contributed by atoms with Crippen molar-refractivity contribution < 1.29 is 9.53 Å². The Kier molecular flexibility index (Phi) is 9.49. The first-order valence-corrected chi connectivity index (χ1v) is 10.5. The third-order valence-electron chi connectivity index (χ3n) is 5.96. The van der Waals surface area contributed by atoms with E-state index in [1.807, 2.05) is 0 Å². The minimum atomic E-state index is 0. The quantitative estimate of drug-likeness (QED) is 0.772. The number of halogens is 1. The van der Waals surface area contributed by atoms with Gasteiger partial charge in [-0.15, -0.1) is 12.4 Å². The van der Waals surface area contributed by atoms with Gasteiger partial charge in [-0.05, 0) is 62.1 Å². The molecule has 0 radical (unpaired) electrons. The summed E-state index contributed by atoms with van der Waals surface area (Å²) in [6.07, 6.45) is 9.51. The summed E-state index contributed by atoms with van der Waals surface area (Å²) in [5, 5.41) is 3.51. The molecule has 1 amide bonds. The second-order valence-corrected chi connectivity index (χ2v) is 7.97. The number of ether oxygens (including phenoxy) is 1. The number of allylic oxidation sites excluding steroid dienone is 1. The molecule has 5 heteroatoms. The molecule has 4 nitrogen and oxygen atoms in total. The highest BCUT2D eigenvalue weighted by atomic mass is 35.5. The fourth-order valence-electron chi connectivity index (χ4n) is 4.11.